The zero-order chi connectivity index (χ0) is 11.3. The van der Waals surface area contributed by atoms with Crippen molar-refractivity contribution in [2.45, 2.75) is 39.5 Å². The van der Waals surface area contributed by atoms with Crippen molar-refractivity contribution in [2.75, 3.05) is 0 Å². The molecule has 0 fully saturated rings. The molecule has 84 valence electrons. The average Bonchev–Trinajstić information content (AvgIpc) is 2.74. The first-order valence-corrected chi connectivity index (χ1v) is 7.46. The molecule has 0 saturated carbocycles. The summed E-state index contributed by atoms with van der Waals surface area (Å²) in [6.45, 7) is 6.80. The Morgan fingerprint density at radius 1 is 1.00 bits per heavy atom. The van der Waals surface area contributed by atoms with Crippen molar-refractivity contribution in [3.8, 4) is 0 Å². The van der Waals surface area contributed by atoms with Crippen LogP contribution in [0.5, 0.6) is 0 Å². The molecule has 2 heterocycles. The summed E-state index contributed by atoms with van der Waals surface area (Å²) in [7, 11) is 0. The van der Waals surface area contributed by atoms with E-state index in [0.717, 1.165) is 0 Å². The maximum absolute atomic E-state index is 2.43. The van der Waals surface area contributed by atoms with E-state index in [1.807, 2.05) is 22.7 Å². The number of rotatable bonds is 1. The van der Waals surface area contributed by atoms with Gasteiger partial charge in [-0.25, -0.2) is 0 Å². The Morgan fingerprint density at radius 2 is 1.62 bits per heavy atom. The molecule has 0 atom stereocenters. The summed E-state index contributed by atoms with van der Waals surface area (Å²) in [5, 5.41) is 0. The van der Waals surface area contributed by atoms with Crippen LogP contribution in [0.2, 0.25) is 0 Å². The van der Waals surface area contributed by atoms with Gasteiger partial charge in [-0.05, 0) is 36.1 Å². The van der Waals surface area contributed by atoms with Gasteiger partial charge in [-0.2, -0.15) is 0 Å². The predicted octanol–water partition coefficient (Wildman–Crippen LogP) is 4.74. The van der Waals surface area contributed by atoms with Crippen LogP contribution in [0.25, 0.3) is 0 Å². The van der Waals surface area contributed by atoms with Crippen LogP contribution in [-0.4, -0.2) is 0 Å². The van der Waals surface area contributed by atoms with Crippen molar-refractivity contribution in [1.29, 1.82) is 0 Å². The highest BCUT2D eigenvalue weighted by atomic mass is 32.1. The summed E-state index contributed by atoms with van der Waals surface area (Å²) >= 11 is 4.00. The molecule has 2 heteroatoms. The molecule has 0 spiro atoms. The highest BCUT2D eigenvalue weighted by Crippen LogP contribution is 2.38. The van der Waals surface area contributed by atoms with Gasteiger partial charge in [-0.15, -0.1) is 22.7 Å². The van der Waals surface area contributed by atoms with Crippen LogP contribution in [0, 0.1) is 6.92 Å². The van der Waals surface area contributed by atoms with E-state index in [0.29, 0.717) is 5.92 Å². The lowest BCUT2D eigenvalue weighted by Crippen LogP contribution is -1.99. The SMILES string of the molecule is Cc1cc2c(s1)Cc1cc(C(C)C)sc1C2. The van der Waals surface area contributed by atoms with E-state index in [2.05, 4.69) is 32.9 Å². The molecule has 0 amide bonds. The van der Waals surface area contributed by atoms with E-state index in [1.54, 1.807) is 25.8 Å². The minimum atomic E-state index is 0.676. The monoisotopic (exact) mass is 248 g/mol. The summed E-state index contributed by atoms with van der Waals surface area (Å²) in [6, 6.07) is 4.81. The summed E-state index contributed by atoms with van der Waals surface area (Å²) in [5.41, 5.74) is 3.16. The van der Waals surface area contributed by atoms with Crippen LogP contribution in [0.1, 0.15) is 50.4 Å². The molecule has 0 radical (unpaired) electrons. The number of hydrogen-bond donors (Lipinski definition) is 0. The average molecular weight is 248 g/mol. The molecule has 2 aromatic rings. The summed E-state index contributed by atoms with van der Waals surface area (Å²) in [6.07, 6.45) is 2.35. The van der Waals surface area contributed by atoms with Crippen LogP contribution in [0.4, 0.5) is 0 Å². The number of hydrogen-bond acceptors (Lipinski definition) is 2. The highest BCUT2D eigenvalue weighted by molar-refractivity contribution is 7.13. The van der Waals surface area contributed by atoms with E-state index in [4.69, 9.17) is 0 Å². The first-order valence-electron chi connectivity index (χ1n) is 5.83. The molecule has 0 unspecified atom stereocenters. The maximum Gasteiger partial charge on any atom is 0.0128 e. The molecule has 3 rings (SSSR count). The van der Waals surface area contributed by atoms with E-state index in [9.17, 15) is 0 Å². The van der Waals surface area contributed by atoms with E-state index in [-0.39, 0.29) is 0 Å². The summed E-state index contributed by atoms with van der Waals surface area (Å²) in [4.78, 5) is 6.22. The van der Waals surface area contributed by atoms with Gasteiger partial charge in [0.1, 0.15) is 0 Å². The highest BCUT2D eigenvalue weighted by Gasteiger charge is 2.20. The third-order valence-corrected chi connectivity index (χ3v) is 5.78. The molecule has 0 N–H and O–H groups in total. The first-order chi connectivity index (χ1) is 7.63. The van der Waals surface area contributed by atoms with E-state index < -0.39 is 0 Å². The molecular formula is C14H16S2. The van der Waals surface area contributed by atoms with Crippen molar-refractivity contribution in [3.05, 3.63) is 42.8 Å². The van der Waals surface area contributed by atoms with Crippen molar-refractivity contribution in [3.63, 3.8) is 0 Å². The molecule has 0 bridgehead atoms. The molecule has 0 saturated heterocycles. The lowest BCUT2D eigenvalue weighted by Gasteiger charge is -2.10. The molecule has 0 aliphatic heterocycles. The van der Waals surface area contributed by atoms with Gasteiger partial charge in [-0.3, -0.25) is 0 Å². The van der Waals surface area contributed by atoms with Gasteiger partial charge in [0, 0.05) is 32.4 Å². The van der Waals surface area contributed by atoms with Crippen molar-refractivity contribution < 1.29 is 0 Å². The Morgan fingerprint density at radius 3 is 2.31 bits per heavy atom. The number of fused-ring (bicyclic) bond motifs is 2. The van der Waals surface area contributed by atoms with Crippen molar-refractivity contribution >= 4 is 22.7 Å². The zero-order valence-electron chi connectivity index (χ0n) is 9.96. The van der Waals surface area contributed by atoms with Gasteiger partial charge >= 0.3 is 0 Å². The third kappa shape index (κ3) is 1.64. The van der Waals surface area contributed by atoms with Crippen LogP contribution in [0.15, 0.2) is 12.1 Å². The Hall–Kier alpha value is -0.600. The van der Waals surface area contributed by atoms with Crippen LogP contribution < -0.4 is 0 Å². The van der Waals surface area contributed by atoms with Gasteiger partial charge in [0.15, 0.2) is 0 Å². The fourth-order valence-electron chi connectivity index (χ4n) is 2.33. The van der Waals surface area contributed by atoms with Crippen LogP contribution in [-0.2, 0) is 12.8 Å². The largest absolute Gasteiger partial charge is 0.145 e. The second-order valence-corrected chi connectivity index (χ2v) is 7.42. The van der Waals surface area contributed by atoms with Crippen molar-refractivity contribution in [1.82, 2.24) is 0 Å². The van der Waals surface area contributed by atoms with Crippen molar-refractivity contribution in [2.24, 2.45) is 0 Å². The maximum atomic E-state index is 2.43. The third-order valence-electron chi connectivity index (χ3n) is 3.21. The lowest BCUT2D eigenvalue weighted by atomic mass is 9.97. The Balaban J connectivity index is 2.01. The molecule has 0 aromatic carbocycles. The number of aryl methyl sites for hydroxylation is 1. The first kappa shape index (κ1) is 10.5. The predicted molar refractivity (Wildman–Crippen MR) is 73.1 cm³/mol. The van der Waals surface area contributed by atoms with Gasteiger partial charge in [0.2, 0.25) is 0 Å². The molecule has 1 aliphatic rings. The van der Waals surface area contributed by atoms with Crippen LogP contribution in [0.3, 0.4) is 0 Å². The lowest BCUT2D eigenvalue weighted by molar-refractivity contribution is 0.888. The standard InChI is InChI=1S/C14H16S2/c1-8(2)12-5-11-7-13-10(4-9(3)15-13)6-14(11)16-12/h4-5,8H,6-7H2,1-3H3. The summed E-state index contributed by atoms with van der Waals surface area (Å²) < 4.78 is 0. The molecule has 0 nitrogen and oxygen atoms in total. The van der Waals surface area contributed by atoms with E-state index in [1.165, 1.54) is 17.7 Å². The van der Waals surface area contributed by atoms with Gasteiger partial charge in [0.25, 0.3) is 0 Å². The fourth-order valence-corrected chi connectivity index (χ4v) is 4.62. The topological polar surface area (TPSA) is 0 Å². The zero-order valence-corrected chi connectivity index (χ0v) is 11.6. The van der Waals surface area contributed by atoms with Gasteiger partial charge < -0.3 is 0 Å². The molecular weight excluding hydrogens is 232 g/mol. The minimum absolute atomic E-state index is 0.676. The fraction of sp³-hybridized carbons (Fsp3) is 0.429. The molecule has 1 aliphatic carbocycles. The van der Waals surface area contributed by atoms with E-state index >= 15 is 0 Å². The molecule has 2 aromatic heterocycles. The second-order valence-electron chi connectivity index (χ2n) is 4.91. The second kappa shape index (κ2) is 3.71. The Kier molecular flexibility index (Phi) is 2.45. The Bertz CT molecular complexity index is 488. The van der Waals surface area contributed by atoms with Crippen LogP contribution >= 0.6 is 22.7 Å². The summed E-state index contributed by atoms with van der Waals surface area (Å²) in [5.74, 6) is 0.676. The Labute approximate surface area is 105 Å². The van der Waals surface area contributed by atoms with Gasteiger partial charge in [-0.1, -0.05) is 13.8 Å². The minimum Gasteiger partial charge on any atom is -0.145 e. The molecule has 16 heavy (non-hydrogen) atoms. The smallest absolute Gasteiger partial charge is 0.0128 e. The quantitative estimate of drug-likeness (QED) is 0.583. The number of thiophene rings is 2. The normalized spacial score (nSPS) is 14.0. The van der Waals surface area contributed by atoms with Gasteiger partial charge in [0.05, 0.1) is 0 Å².